The molecule has 1 heterocycles. The van der Waals surface area contributed by atoms with E-state index in [4.69, 9.17) is 4.18 Å². The standard InChI is InChI=1S/C11H13NO5S/c1-9-2-4-10(5-3-9)18(14,15)17-8-12-6-7-16-11(12)13/h2-5H,6-8H2,1H3. The molecule has 98 valence electrons. The lowest BCUT2D eigenvalue weighted by Gasteiger charge is -2.12. The molecule has 18 heavy (non-hydrogen) atoms. The first-order valence-corrected chi connectivity index (χ1v) is 6.78. The fourth-order valence-electron chi connectivity index (χ4n) is 1.45. The molecule has 2 rings (SSSR count). The van der Waals surface area contributed by atoms with Gasteiger partial charge >= 0.3 is 6.09 Å². The Morgan fingerprint density at radius 1 is 1.33 bits per heavy atom. The van der Waals surface area contributed by atoms with E-state index in [1.54, 1.807) is 12.1 Å². The Labute approximate surface area is 105 Å². The monoisotopic (exact) mass is 271 g/mol. The zero-order valence-electron chi connectivity index (χ0n) is 9.83. The first kappa shape index (κ1) is 12.8. The fraction of sp³-hybridized carbons (Fsp3) is 0.364. The van der Waals surface area contributed by atoms with Crippen molar-refractivity contribution < 1.29 is 22.1 Å². The third kappa shape index (κ3) is 2.80. The number of carbonyl (C=O) groups is 1. The van der Waals surface area contributed by atoms with Crippen LogP contribution in [0.1, 0.15) is 5.56 Å². The van der Waals surface area contributed by atoms with E-state index in [-0.39, 0.29) is 18.2 Å². The quantitative estimate of drug-likeness (QED) is 0.767. The molecule has 1 amide bonds. The Bertz CT molecular complexity index is 537. The number of hydrogen-bond donors (Lipinski definition) is 0. The zero-order chi connectivity index (χ0) is 13.2. The molecular weight excluding hydrogens is 258 g/mol. The van der Waals surface area contributed by atoms with Gasteiger partial charge in [-0.1, -0.05) is 17.7 Å². The van der Waals surface area contributed by atoms with Gasteiger partial charge in [0.2, 0.25) is 0 Å². The van der Waals surface area contributed by atoms with Crippen LogP contribution in [-0.4, -0.2) is 39.3 Å². The molecule has 1 aromatic rings. The van der Waals surface area contributed by atoms with Crippen LogP contribution >= 0.6 is 0 Å². The Morgan fingerprint density at radius 3 is 2.56 bits per heavy atom. The third-order valence-electron chi connectivity index (χ3n) is 2.52. The van der Waals surface area contributed by atoms with Gasteiger partial charge in [0.25, 0.3) is 10.1 Å². The van der Waals surface area contributed by atoms with Gasteiger partial charge in [-0.15, -0.1) is 0 Å². The molecule has 0 atom stereocenters. The summed E-state index contributed by atoms with van der Waals surface area (Å²) >= 11 is 0. The lowest BCUT2D eigenvalue weighted by molar-refractivity contribution is 0.131. The van der Waals surface area contributed by atoms with Gasteiger partial charge in [-0.05, 0) is 19.1 Å². The Kier molecular flexibility index (Phi) is 3.53. The maximum absolute atomic E-state index is 11.8. The number of carbonyl (C=O) groups excluding carboxylic acids is 1. The minimum atomic E-state index is -3.84. The molecule has 0 spiro atoms. The SMILES string of the molecule is Cc1ccc(S(=O)(=O)OCN2CCOC2=O)cc1. The number of amides is 1. The van der Waals surface area contributed by atoms with Crippen molar-refractivity contribution in [2.45, 2.75) is 11.8 Å². The molecule has 1 saturated heterocycles. The summed E-state index contributed by atoms with van der Waals surface area (Å²) in [5.41, 5.74) is 0.956. The van der Waals surface area contributed by atoms with Crippen LogP contribution in [0.4, 0.5) is 4.79 Å². The summed E-state index contributed by atoms with van der Waals surface area (Å²) in [5, 5.41) is 0. The summed E-state index contributed by atoms with van der Waals surface area (Å²) in [6, 6.07) is 6.29. The largest absolute Gasteiger partial charge is 0.447 e. The fourth-order valence-corrected chi connectivity index (χ4v) is 2.32. The molecule has 1 fully saturated rings. The van der Waals surface area contributed by atoms with Crippen molar-refractivity contribution in [2.75, 3.05) is 19.9 Å². The molecule has 1 aromatic carbocycles. The number of hydrogen-bond acceptors (Lipinski definition) is 5. The lowest BCUT2D eigenvalue weighted by atomic mass is 10.2. The second kappa shape index (κ2) is 4.95. The van der Waals surface area contributed by atoms with Crippen molar-refractivity contribution in [3.63, 3.8) is 0 Å². The lowest BCUT2D eigenvalue weighted by Crippen LogP contribution is -2.28. The Hall–Kier alpha value is -1.60. The van der Waals surface area contributed by atoms with Crippen LogP contribution in [0, 0.1) is 6.92 Å². The Balaban J connectivity index is 2.03. The molecule has 0 unspecified atom stereocenters. The van der Waals surface area contributed by atoms with Gasteiger partial charge in [0.05, 0.1) is 11.4 Å². The minimum Gasteiger partial charge on any atom is -0.447 e. The Morgan fingerprint density at radius 2 is 2.00 bits per heavy atom. The topological polar surface area (TPSA) is 72.9 Å². The van der Waals surface area contributed by atoms with Gasteiger partial charge < -0.3 is 4.74 Å². The molecule has 0 bridgehead atoms. The zero-order valence-corrected chi connectivity index (χ0v) is 10.6. The number of aryl methyl sites for hydroxylation is 1. The number of rotatable bonds is 4. The summed E-state index contributed by atoms with van der Waals surface area (Å²) in [6.07, 6.45) is -0.561. The number of nitrogens with zero attached hydrogens (tertiary/aromatic N) is 1. The van der Waals surface area contributed by atoms with Crippen molar-refractivity contribution >= 4 is 16.2 Å². The van der Waals surface area contributed by atoms with Crippen LogP contribution in [0.2, 0.25) is 0 Å². The molecule has 0 saturated carbocycles. The summed E-state index contributed by atoms with van der Waals surface area (Å²) < 4.78 is 33.1. The van der Waals surface area contributed by atoms with Crippen LogP contribution in [0.15, 0.2) is 29.2 Å². The van der Waals surface area contributed by atoms with Crippen LogP contribution in [0.3, 0.4) is 0 Å². The first-order valence-electron chi connectivity index (χ1n) is 5.37. The molecule has 1 aliphatic heterocycles. The maximum Gasteiger partial charge on any atom is 0.411 e. The van der Waals surface area contributed by atoms with E-state index in [0.717, 1.165) is 5.56 Å². The van der Waals surface area contributed by atoms with E-state index in [0.29, 0.717) is 6.54 Å². The molecule has 0 aliphatic carbocycles. The van der Waals surface area contributed by atoms with E-state index in [1.165, 1.54) is 17.0 Å². The highest BCUT2D eigenvalue weighted by atomic mass is 32.2. The van der Waals surface area contributed by atoms with Crippen LogP contribution in [0.5, 0.6) is 0 Å². The average molecular weight is 271 g/mol. The molecular formula is C11H13NO5S. The summed E-state index contributed by atoms with van der Waals surface area (Å²) in [5.74, 6) is 0. The van der Waals surface area contributed by atoms with Crippen LogP contribution in [0.25, 0.3) is 0 Å². The van der Waals surface area contributed by atoms with E-state index < -0.39 is 16.2 Å². The van der Waals surface area contributed by atoms with Crippen LogP contribution < -0.4 is 0 Å². The smallest absolute Gasteiger partial charge is 0.411 e. The van der Waals surface area contributed by atoms with Gasteiger partial charge in [-0.3, -0.25) is 4.90 Å². The molecule has 1 aliphatic rings. The van der Waals surface area contributed by atoms with E-state index in [1.807, 2.05) is 6.92 Å². The number of ether oxygens (including phenoxy) is 1. The van der Waals surface area contributed by atoms with Crippen molar-refractivity contribution in [3.05, 3.63) is 29.8 Å². The van der Waals surface area contributed by atoms with E-state index >= 15 is 0 Å². The highest BCUT2D eigenvalue weighted by Gasteiger charge is 2.25. The van der Waals surface area contributed by atoms with Crippen molar-refractivity contribution in [2.24, 2.45) is 0 Å². The van der Waals surface area contributed by atoms with Gasteiger partial charge in [-0.2, -0.15) is 8.42 Å². The van der Waals surface area contributed by atoms with Gasteiger partial charge in [0.1, 0.15) is 13.3 Å². The molecule has 0 radical (unpaired) electrons. The van der Waals surface area contributed by atoms with Gasteiger partial charge in [0.15, 0.2) is 0 Å². The van der Waals surface area contributed by atoms with E-state index in [9.17, 15) is 13.2 Å². The van der Waals surface area contributed by atoms with Crippen LogP contribution in [-0.2, 0) is 19.0 Å². The summed E-state index contributed by atoms with van der Waals surface area (Å²) in [4.78, 5) is 12.4. The number of cyclic esters (lactones) is 1. The average Bonchev–Trinajstić information content (AvgIpc) is 2.73. The van der Waals surface area contributed by atoms with Crippen molar-refractivity contribution in [1.29, 1.82) is 0 Å². The number of benzene rings is 1. The normalized spacial score (nSPS) is 15.8. The molecule has 0 aromatic heterocycles. The molecule has 0 N–H and O–H groups in total. The van der Waals surface area contributed by atoms with Crippen molar-refractivity contribution in [1.82, 2.24) is 4.90 Å². The predicted molar refractivity (Wildman–Crippen MR) is 62.4 cm³/mol. The van der Waals surface area contributed by atoms with Crippen molar-refractivity contribution in [3.8, 4) is 0 Å². The minimum absolute atomic E-state index is 0.0701. The summed E-state index contributed by atoms with van der Waals surface area (Å²) in [7, 11) is -3.84. The molecule has 6 nitrogen and oxygen atoms in total. The molecule has 7 heteroatoms. The predicted octanol–water partition coefficient (Wildman–Crippen LogP) is 1.11. The second-order valence-electron chi connectivity index (χ2n) is 3.89. The highest BCUT2D eigenvalue weighted by Crippen LogP contribution is 2.14. The highest BCUT2D eigenvalue weighted by molar-refractivity contribution is 7.86. The van der Waals surface area contributed by atoms with Gasteiger partial charge in [-0.25, -0.2) is 8.98 Å². The summed E-state index contributed by atoms with van der Waals surface area (Å²) in [6.45, 7) is 2.13. The first-order chi connectivity index (χ1) is 8.49. The third-order valence-corrected chi connectivity index (χ3v) is 3.78. The maximum atomic E-state index is 11.8. The van der Waals surface area contributed by atoms with E-state index in [2.05, 4.69) is 4.74 Å². The van der Waals surface area contributed by atoms with Gasteiger partial charge in [0, 0.05) is 0 Å². The second-order valence-corrected chi connectivity index (χ2v) is 5.51.